The molecule has 0 spiro atoms. The fraction of sp³-hybridized carbons (Fsp3) is 0.650. The molecule has 2 heterocycles. The summed E-state index contributed by atoms with van der Waals surface area (Å²) in [6.45, 7) is 5.58. The number of benzene rings is 1. The monoisotopic (exact) mass is 326 g/mol. The zero-order valence-electron chi connectivity index (χ0n) is 14.9. The lowest BCUT2D eigenvalue weighted by atomic mass is 9.84. The van der Waals surface area contributed by atoms with E-state index in [2.05, 4.69) is 46.5 Å². The van der Waals surface area contributed by atoms with Crippen LogP contribution in [-0.2, 0) is 0 Å². The van der Waals surface area contributed by atoms with Gasteiger partial charge in [-0.05, 0) is 69.3 Å². The Kier molecular flexibility index (Phi) is 4.86. The van der Waals surface area contributed by atoms with Crippen molar-refractivity contribution in [3.63, 3.8) is 0 Å². The predicted molar refractivity (Wildman–Crippen MR) is 100 cm³/mol. The minimum absolute atomic E-state index is 0.195. The molecule has 0 aromatic heterocycles. The van der Waals surface area contributed by atoms with Crippen molar-refractivity contribution < 1.29 is 0 Å². The highest BCUT2D eigenvalue weighted by molar-refractivity contribution is 5.96. The number of amidine groups is 1. The first kappa shape index (κ1) is 16.1. The maximum atomic E-state index is 4.81. The minimum Gasteiger partial charge on any atom is -0.300 e. The first-order chi connectivity index (χ1) is 11.8. The molecule has 1 atom stereocenters. The molecule has 1 aromatic carbocycles. The standard InChI is InChI=1S/C20H30N4/c1-16-21-20(15-23-13-5-6-14-23)22-24(16)19-11-9-18(10-12-19)17-7-3-2-4-8-17/h9-12,17,20,22H,2-8,13-15H2,1H3. The average Bonchev–Trinajstić information content (AvgIpc) is 3.26. The van der Waals surface area contributed by atoms with Crippen molar-refractivity contribution in [2.45, 2.75) is 64.0 Å². The number of aliphatic imine (C=N–C) groups is 1. The number of nitrogens with one attached hydrogen (secondary N) is 1. The Balaban J connectivity index is 1.39. The maximum Gasteiger partial charge on any atom is 0.131 e. The van der Waals surface area contributed by atoms with Gasteiger partial charge >= 0.3 is 0 Å². The van der Waals surface area contributed by atoms with E-state index >= 15 is 0 Å². The molecule has 1 saturated heterocycles. The summed E-state index contributed by atoms with van der Waals surface area (Å²) in [7, 11) is 0. The van der Waals surface area contributed by atoms with Crippen LogP contribution in [0.5, 0.6) is 0 Å². The van der Waals surface area contributed by atoms with E-state index in [0.717, 1.165) is 18.3 Å². The summed E-state index contributed by atoms with van der Waals surface area (Å²) >= 11 is 0. The van der Waals surface area contributed by atoms with Crippen LogP contribution in [0.1, 0.15) is 63.4 Å². The third-order valence-corrected chi connectivity index (χ3v) is 5.80. The fourth-order valence-electron chi connectivity index (χ4n) is 4.44. The highest BCUT2D eigenvalue weighted by Gasteiger charge is 2.26. The summed E-state index contributed by atoms with van der Waals surface area (Å²) in [4.78, 5) is 7.33. The lowest BCUT2D eigenvalue weighted by Crippen LogP contribution is -2.44. The Labute approximate surface area is 145 Å². The van der Waals surface area contributed by atoms with E-state index in [0.29, 0.717) is 0 Å². The van der Waals surface area contributed by atoms with E-state index in [9.17, 15) is 0 Å². The zero-order chi connectivity index (χ0) is 16.4. The first-order valence-electron chi connectivity index (χ1n) is 9.72. The second-order valence-corrected chi connectivity index (χ2v) is 7.59. The molecule has 4 rings (SSSR count). The number of likely N-dealkylation sites (tertiary alicyclic amines) is 1. The summed E-state index contributed by atoms with van der Waals surface area (Å²) in [5.74, 6) is 1.85. The molecule has 130 valence electrons. The maximum absolute atomic E-state index is 4.81. The van der Waals surface area contributed by atoms with E-state index in [1.165, 1.54) is 69.3 Å². The lowest BCUT2D eigenvalue weighted by Gasteiger charge is -2.25. The van der Waals surface area contributed by atoms with Crippen LogP contribution < -0.4 is 10.4 Å². The van der Waals surface area contributed by atoms with E-state index < -0.39 is 0 Å². The van der Waals surface area contributed by atoms with Crippen molar-refractivity contribution in [3.05, 3.63) is 29.8 Å². The largest absolute Gasteiger partial charge is 0.300 e. The number of nitrogens with zero attached hydrogens (tertiary/aromatic N) is 3. The van der Waals surface area contributed by atoms with Crippen molar-refractivity contribution in [3.8, 4) is 0 Å². The zero-order valence-corrected chi connectivity index (χ0v) is 14.9. The molecule has 4 heteroatoms. The molecule has 3 aliphatic rings. The lowest BCUT2D eigenvalue weighted by molar-refractivity contribution is 0.302. The Morgan fingerprint density at radius 1 is 1.00 bits per heavy atom. The van der Waals surface area contributed by atoms with Gasteiger partial charge in [-0.15, -0.1) is 0 Å². The number of hydrogen-bond donors (Lipinski definition) is 1. The Hall–Kier alpha value is -1.39. The Bertz CT molecular complexity index is 568. The molecule has 24 heavy (non-hydrogen) atoms. The van der Waals surface area contributed by atoms with Crippen LogP contribution in [0.4, 0.5) is 5.69 Å². The predicted octanol–water partition coefficient (Wildman–Crippen LogP) is 3.90. The molecule has 2 fully saturated rings. The molecule has 1 N–H and O–H groups in total. The summed E-state index contributed by atoms with van der Waals surface area (Å²) in [6, 6.07) is 9.17. The quantitative estimate of drug-likeness (QED) is 0.910. The van der Waals surface area contributed by atoms with E-state index in [1.54, 1.807) is 0 Å². The van der Waals surface area contributed by atoms with Crippen molar-refractivity contribution >= 4 is 11.5 Å². The highest BCUT2D eigenvalue weighted by atomic mass is 15.6. The number of anilines is 1. The van der Waals surface area contributed by atoms with Crippen molar-refractivity contribution in [2.75, 3.05) is 24.6 Å². The minimum atomic E-state index is 0.195. The molecule has 0 radical (unpaired) electrons. The summed E-state index contributed by atoms with van der Waals surface area (Å²) in [5, 5.41) is 2.16. The molecule has 1 saturated carbocycles. The second-order valence-electron chi connectivity index (χ2n) is 7.59. The van der Waals surface area contributed by atoms with Crippen LogP contribution in [0.25, 0.3) is 0 Å². The molecule has 1 aromatic rings. The number of hydrogen-bond acceptors (Lipinski definition) is 4. The Morgan fingerprint density at radius 2 is 1.71 bits per heavy atom. The third-order valence-electron chi connectivity index (χ3n) is 5.80. The van der Waals surface area contributed by atoms with Gasteiger partial charge in [0.05, 0.1) is 5.69 Å². The topological polar surface area (TPSA) is 30.9 Å². The first-order valence-corrected chi connectivity index (χ1v) is 9.72. The van der Waals surface area contributed by atoms with Gasteiger partial charge < -0.3 is 0 Å². The number of hydrazine groups is 1. The molecule has 0 bridgehead atoms. The fourth-order valence-corrected chi connectivity index (χ4v) is 4.44. The molecule has 0 amide bonds. The van der Waals surface area contributed by atoms with Crippen molar-refractivity contribution in [1.82, 2.24) is 10.3 Å². The summed E-state index contributed by atoms with van der Waals surface area (Å²) in [5.41, 5.74) is 6.29. The van der Waals surface area contributed by atoms with Crippen LogP contribution in [0.2, 0.25) is 0 Å². The smallest absolute Gasteiger partial charge is 0.131 e. The summed E-state index contributed by atoms with van der Waals surface area (Å²) in [6.07, 6.45) is 9.79. The average molecular weight is 326 g/mol. The van der Waals surface area contributed by atoms with Gasteiger partial charge in [0.2, 0.25) is 0 Å². The second kappa shape index (κ2) is 7.24. The third kappa shape index (κ3) is 3.50. The highest BCUT2D eigenvalue weighted by Crippen LogP contribution is 2.33. The van der Waals surface area contributed by atoms with Crippen molar-refractivity contribution in [1.29, 1.82) is 0 Å². The van der Waals surface area contributed by atoms with Gasteiger partial charge in [-0.25, -0.2) is 10.4 Å². The molecule has 4 nitrogen and oxygen atoms in total. The van der Waals surface area contributed by atoms with Crippen LogP contribution in [-0.4, -0.2) is 36.5 Å². The van der Waals surface area contributed by atoms with Gasteiger partial charge in [-0.1, -0.05) is 31.4 Å². The Morgan fingerprint density at radius 3 is 2.42 bits per heavy atom. The van der Waals surface area contributed by atoms with Crippen LogP contribution in [0, 0.1) is 0 Å². The van der Waals surface area contributed by atoms with Gasteiger partial charge in [0.25, 0.3) is 0 Å². The van der Waals surface area contributed by atoms with Crippen molar-refractivity contribution in [2.24, 2.45) is 4.99 Å². The van der Waals surface area contributed by atoms with Crippen LogP contribution in [0.3, 0.4) is 0 Å². The van der Waals surface area contributed by atoms with Crippen LogP contribution in [0.15, 0.2) is 29.3 Å². The molecular weight excluding hydrogens is 296 g/mol. The SMILES string of the molecule is CC1=NC(CN2CCCC2)NN1c1ccc(C2CCCCC2)cc1. The summed E-state index contributed by atoms with van der Waals surface area (Å²) < 4.78 is 0. The van der Waals surface area contributed by atoms with E-state index in [4.69, 9.17) is 4.99 Å². The van der Waals surface area contributed by atoms with Gasteiger partial charge in [-0.2, -0.15) is 0 Å². The molecular formula is C20H30N4. The number of rotatable bonds is 4. The van der Waals surface area contributed by atoms with E-state index in [1.807, 2.05) is 0 Å². The molecule has 2 aliphatic heterocycles. The molecule has 1 unspecified atom stereocenters. The molecule has 1 aliphatic carbocycles. The normalized spacial score (nSPS) is 26.1. The van der Waals surface area contributed by atoms with Gasteiger partial charge in [0, 0.05) is 6.54 Å². The van der Waals surface area contributed by atoms with Gasteiger partial charge in [0.1, 0.15) is 12.0 Å². The van der Waals surface area contributed by atoms with Gasteiger partial charge in [-0.3, -0.25) is 9.91 Å². The van der Waals surface area contributed by atoms with Crippen LogP contribution >= 0.6 is 0 Å². The van der Waals surface area contributed by atoms with Gasteiger partial charge in [0.15, 0.2) is 0 Å². The van der Waals surface area contributed by atoms with E-state index in [-0.39, 0.29) is 6.17 Å².